The second kappa shape index (κ2) is 8.33. The lowest BCUT2D eigenvalue weighted by atomic mass is 10.2. The Balaban J connectivity index is 1.64. The van der Waals surface area contributed by atoms with E-state index in [0.29, 0.717) is 18.7 Å². The summed E-state index contributed by atoms with van der Waals surface area (Å²) in [6.45, 7) is 7.69. The molecule has 0 bridgehead atoms. The molecule has 24 heavy (non-hydrogen) atoms. The zero-order valence-electron chi connectivity index (χ0n) is 14.3. The Morgan fingerprint density at radius 1 is 1.33 bits per heavy atom. The van der Waals surface area contributed by atoms with Gasteiger partial charge < -0.3 is 15.1 Å². The number of nitrogens with zero attached hydrogens (tertiary/aromatic N) is 2. The van der Waals surface area contributed by atoms with Crippen LogP contribution in [0.2, 0.25) is 0 Å². The molecule has 0 radical (unpaired) electrons. The van der Waals surface area contributed by atoms with Crippen LogP contribution in [0.5, 0.6) is 0 Å². The molecule has 0 saturated carbocycles. The third-order valence-corrected chi connectivity index (χ3v) is 3.66. The highest BCUT2D eigenvalue weighted by atomic mass is 16.3. The molecule has 2 aromatic rings. The number of carbonyl (C=O) groups is 2. The highest BCUT2D eigenvalue weighted by molar-refractivity contribution is 5.93. The summed E-state index contributed by atoms with van der Waals surface area (Å²) < 4.78 is 6.80. The molecule has 0 aromatic carbocycles. The Kier molecular flexibility index (Phi) is 6.17. The Morgan fingerprint density at radius 3 is 2.75 bits per heavy atom. The van der Waals surface area contributed by atoms with Crippen molar-refractivity contribution in [2.24, 2.45) is 5.92 Å². The summed E-state index contributed by atoms with van der Waals surface area (Å²) in [4.78, 5) is 23.5. The van der Waals surface area contributed by atoms with Gasteiger partial charge in [-0.15, -0.1) is 0 Å². The van der Waals surface area contributed by atoms with Crippen molar-refractivity contribution in [3.63, 3.8) is 0 Å². The van der Waals surface area contributed by atoms with Crippen molar-refractivity contribution >= 4 is 11.8 Å². The minimum Gasteiger partial charge on any atom is -0.472 e. The average Bonchev–Trinajstić information content (AvgIpc) is 3.15. The molecular formula is C17H24N4O3. The summed E-state index contributed by atoms with van der Waals surface area (Å²) in [5, 5.41) is 9.99. The van der Waals surface area contributed by atoms with Crippen LogP contribution in [0.1, 0.15) is 35.1 Å². The second-order valence-electron chi connectivity index (χ2n) is 6.04. The number of furan rings is 1. The maximum atomic E-state index is 11.8. The molecule has 0 aliphatic rings. The van der Waals surface area contributed by atoms with Crippen molar-refractivity contribution < 1.29 is 14.0 Å². The van der Waals surface area contributed by atoms with E-state index in [0.717, 1.165) is 17.9 Å². The largest absolute Gasteiger partial charge is 0.472 e. The summed E-state index contributed by atoms with van der Waals surface area (Å²) in [5.74, 6) is -0.0513. The first-order valence-corrected chi connectivity index (χ1v) is 8.04. The summed E-state index contributed by atoms with van der Waals surface area (Å²) in [7, 11) is 0. The van der Waals surface area contributed by atoms with Crippen LogP contribution >= 0.6 is 0 Å². The number of aromatic nitrogens is 2. The Bertz CT molecular complexity index is 676. The van der Waals surface area contributed by atoms with Gasteiger partial charge in [0.25, 0.3) is 5.91 Å². The molecule has 2 N–H and O–H groups in total. The Labute approximate surface area is 141 Å². The van der Waals surface area contributed by atoms with Gasteiger partial charge in [-0.05, 0) is 31.9 Å². The third kappa shape index (κ3) is 5.26. The summed E-state index contributed by atoms with van der Waals surface area (Å²) in [6.07, 6.45) is 3.05. The number of nitrogens with one attached hydrogen (secondary N) is 2. The van der Waals surface area contributed by atoms with E-state index in [9.17, 15) is 9.59 Å². The van der Waals surface area contributed by atoms with Crippen molar-refractivity contribution in [2.75, 3.05) is 13.1 Å². The zero-order valence-corrected chi connectivity index (χ0v) is 14.3. The highest BCUT2D eigenvalue weighted by Crippen LogP contribution is 2.06. The minimum absolute atomic E-state index is 0.0808. The van der Waals surface area contributed by atoms with Gasteiger partial charge in [-0.25, -0.2) is 0 Å². The first-order chi connectivity index (χ1) is 11.5. The van der Waals surface area contributed by atoms with Crippen molar-refractivity contribution in [3.8, 4) is 0 Å². The normalized spacial score (nSPS) is 12.0. The average molecular weight is 332 g/mol. The van der Waals surface area contributed by atoms with E-state index < -0.39 is 0 Å². The molecule has 7 nitrogen and oxygen atoms in total. The predicted octanol–water partition coefficient (Wildman–Crippen LogP) is 1.67. The molecule has 7 heteroatoms. The van der Waals surface area contributed by atoms with Gasteiger partial charge in [0.15, 0.2) is 0 Å². The minimum atomic E-state index is -0.241. The summed E-state index contributed by atoms with van der Waals surface area (Å²) >= 11 is 0. The Hall–Kier alpha value is -2.57. The molecule has 0 fully saturated rings. The van der Waals surface area contributed by atoms with E-state index >= 15 is 0 Å². The van der Waals surface area contributed by atoms with E-state index in [1.165, 1.54) is 12.5 Å². The molecule has 1 atom stereocenters. The lowest BCUT2D eigenvalue weighted by Crippen LogP contribution is -2.33. The van der Waals surface area contributed by atoms with Crippen LogP contribution in [0.25, 0.3) is 0 Å². The van der Waals surface area contributed by atoms with E-state index in [2.05, 4.69) is 22.7 Å². The molecule has 0 saturated heterocycles. The SMILES string of the molecule is Cc1cc(C)n(C[C@@H](C)CNC(=O)CCNC(=O)c2ccoc2)n1. The van der Waals surface area contributed by atoms with Crippen molar-refractivity contribution in [1.82, 2.24) is 20.4 Å². The topological polar surface area (TPSA) is 89.2 Å². The quantitative estimate of drug-likeness (QED) is 0.769. The first kappa shape index (κ1) is 17.8. The van der Waals surface area contributed by atoms with E-state index in [1.54, 1.807) is 6.07 Å². The maximum absolute atomic E-state index is 11.8. The van der Waals surface area contributed by atoms with E-state index in [4.69, 9.17) is 4.42 Å². The first-order valence-electron chi connectivity index (χ1n) is 8.04. The van der Waals surface area contributed by atoms with Gasteiger partial charge in [0.05, 0.1) is 17.5 Å². The van der Waals surface area contributed by atoms with Crippen molar-refractivity contribution in [3.05, 3.63) is 41.6 Å². The third-order valence-electron chi connectivity index (χ3n) is 3.66. The summed E-state index contributed by atoms with van der Waals surface area (Å²) in [6, 6.07) is 3.62. The van der Waals surface area contributed by atoms with Crippen LogP contribution in [-0.4, -0.2) is 34.7 Å². The van der Waals surface area contributed by atoms with Gasteiger partial charge in [0, 0.05) is 31.7 Å². The lowest BCUT2D eigenvalue weighted by Gasteiger charge is -2.14. The fraction of sp³-hybridized carbons (Fsp3) is 0.471. The lowest BCUT2D eigenvalue weighted by molar-refractivity contribution is -0.121. The molecule has 2 heterocycles. The predicted molar refractivity (Wildman–Crippen MR) is 89.5 cm³/mol. The van der Waals surface area contributed by atoms with Crippen LogP contribution in [0.15, 0.2) is 29.1 Å². The molecular weight excluding hydrogens is 308 g/mol. The van der Waals surface area contributed by atoms with Crippen molar-refractivity contribution in [1.29, 1.82) is 0 Å². The molecule has 0 unspecified atom stereocenters. The Morgan fingerprint density at radius 2 is 2.12 bits per heavy atom. The second-order valence-corrected chi connectivity index (χ2v) is 6.04. The molecule has 2 amide bonds. The molecule has 0 spiro atoms. The standard InChI is InChI=1S/C17H24N4O3/c1-12(10-21-14(3)8-13(2)20-21)9-19-16(22)4-6-18-17(23)15-5-7-24-11-15/h5,7-8,11-12H,4,6,9-10H2,1-3H3,(H,18,23)(H,19,22)/t12-/m0/s1. The van der Waals surface area contributed by atoms with Crippen LogP contribution in [0.4, 0.5) is 0 Å². The highest BCUT2D eigenvalue weighted by Gasteiger charge is 2.10. The van der Waals surface area contributed by atoms with Crippen LogP contribution in [0.3, 0.4) is 0 Å². The molecule has 0 aliphatic heterocycles. The van der Waals surface area contributed by atoms with Gasteiger partial charge in [-0.2, -0.15) is 5.10 Å². The molecule has 130 valence electrons. The number of carbonyl (C=O) groups excluding carboxylic acids is 2. The van der Waals surface area contributed by atoms with Crippen LogP contribution in [-0.2, 0) is 11.3 Å². The van der Waals surface area contributed by atoms with Gasteiger partial charge in [0.1, 0.15) is 6.26 Å². The van der Waals surface area contributed by atoms with Gasteiger partial charge in [0.2, 0.25) is 5.91 Å². The van der Waals surface area contributed by atoms with Gasteiger partial charge in [-0.3, -0.25) is 14.3 Å². The van der Waals surface area contributed by atoms with E-state index in [1.807, 2.05) is 24.6 Å². The van der Waals surface area contributed by atoms with Gasteiger partial charge >= 0.3 is 0 Å². The molecule has 0 aliphatic carbocycles. The number of rotatable bonds is 8. The smallest absolute Gasteiger partial charge is 0.254 e. The zero-order chi connectivity index (χ0) is 17.5. The fourth-order valence-corrected chi connectivity index (χ4v) is 2.38. The fourth-order valence-electron chi connectivity index (χ4n) is 2.38. The number of hydrogen-bond acceptors (Lipinski definition) is 4. The number of aryl methyl sites for hydroxylation is 2. The maximum Gasteiger partial charge on any atom is 0.254 e. The number of hydrogen-bond donors (Lipinski definition) is 2. The van der Waals surface area contributed by atoms with Crippen LogP contribution in [0, 0.1) is 19.8 Å². The van der Waals surface area contributed by atoms with Crippen LogP contribution < -0.4 is 10.6 Å². The molecule has 2 aromatic heterocycles. The monoisotopic (exact) mass is 332 g/mol. The molecule has 2 rings (SSSR count). The number of amides is 2. The van der Waals surface area contributed by atoms with Gasteiger partial charge in [-0.1, -0.05) is 6.92 Å². The van der Waals surface area contributed by atoms with E-state index in [-0.39, 0.29) is 24.2 Å². The van der Waals surface area contributed by atoms with Crippen molar-refractivity contribution in [2.45, 2.75) is 33.7 Å². The summed E-state index contributed by atoms with van der Waals surface area (Å²) in [5.41, 5.74) is 2.57.